The van der Waals surface area contributed by atoms with E-state index < -0.39 is 6.10 Å². The molecular formula is C21H21ClN2O2. The number of fused-ring (bicyclic) bond motifs is 3. The van der Waals surface area contributed by atoms with Crippen LogP contribution in [0.5, 0.6) is 5.75 Å². The third-order valence-corrected chi connectivity index (χ3v) is 5.15. The highest BCUT2D eigenvalue weighted by atomic mass is 35.5. The first-order valence-corrected chi connectivity index (χ1v) is 9.20. The maximum absolute atomic E-state index is 12.5. The zero-order valence-corrected chi connectivity index (χ0v) is 15.6. The van der Waals surface area contributed by atoms with E-state index in [0.29, 0.717) is 10.8 Å². The number of ether oxygens (including phenoxy) is 1. The van der Waals surface area contributed by atoms with Gasteiger partial charge >= 0.3 is 0 Å². The van der Waals surface area contributed by atoms with Gasteiger partial charge in [0.1, 0.15) is 5.75 Å². The Morgan fingerprint density at radius 2 is 2.00 bits per heavy atom. The quantitative estimate of drug-likeness (QED) is 0.725. The number of aromatic amines is 1. The van der Waals surface area contributed by atoms with Crippen LogP contribution in [0.15, 0.2) is 42.5 Å². The highest BCUT2D eigenvalue weighted by molar-refractivity contribution is 6.30. The minimum atomic E-state index is -0.561. The Labute approximate surface area is 157 Å². The van der Waals surface area contributed by atoms with E-state index in [1.165, 1.54) is 27.7 Å². The van der Waals surface area contributed by atoms with Gasteiger partial charge in [0.2, 0.25) is 0 Å². The monoisotopic (exact) mass is 368 g/mol. The van der Waals surface area contributed by atoms with Crippen LogP contribution >= 0.6 is 11.6 Å². The molecule has 0 saturated heterocycles. The van der Waals surface area contributed by atoms with Crippen molar-refractivity contribution in [3.63, 3.8) is 0 Å². The molecule has 0 radical (unpaired) electrons. The minimum Gasteiger partial charge on any atom is -0.481 e. The highest BCUT2D eigenvalue weighted by Crippen LogP contribution is 2.30. The van der Waals surface area contributed by atoms with E-state index in [4.69, 9.17) is 16.3 Å². The molecule has 1 heterocycles. The molecule has 1 aromatic heterocycles. The maximum atomic E-state index is 12.5. The second-order valence-electron chi connectivity index (χ2n) is 6.96. The number of benzene rings is 2. The molecule has 0 spiro atoms. The van der Waals surface area contributed by atoms with Crippen molar-refractivity contribution < 1.29 is 9.53 Å². The average Bonchev–Trinajstić information content (AvgIpc) is 3.14. The molecule has 26 heavy (non-hydrogen) atoms. The lowest BCUT2D eigenvalue weighted by Crippen LogP contribution is -2.43. The summed E-state index contributed by atoms with van der Waals surface area (Å²) in [5.41, 5.74) is 4.96. The topological polar surface area (TPSA) is 54.1 Å². The Bertz CT molecular complexity index is 962. The molecule has 0 aliphatic heterocycles. The predicted molar refractivity (Wildman–Crippen MR) is 104 cm³/mol. The highest BCUT2D eigenvalue weighted by Gasteiger charge is 2.28. The second kappa shape index (κ2) is 6.69. The Balaban J connectivity index is 1.40. The molecule has 2 aromatic carbocycles. The van der Waals surface area contributed by atoms with Gasteiger partial charge in [0.15, 0.2) is 6.10 Å². The Kier molecular flexibility index (Phi) is 4.37. The fourth-order valence-electron chi connectivity index (χ4n) is 3.58. The van der Waals surface area contributed by atoms with Crippen LogP contribution in [0.4, 0.5) is 0 Å². The van der Waals surface area contributed by atoms with Crippen molar-refractivity contribution in [2.45, 2.75) is 38.8 Å². The summed E-state index contributed by atoms with van der Waals surface area (Å²) in [6.07, 6.45) is 1.11. The lowest BCUT2D eigenvalue weighted by Gasteiger charge is -2.18. The van der Waals surface area contributed by atoms with Gasteiger partial charge in [-0.3, -0.25) is 4.79 Å². The van der Waals surface area contributed by atoms with Crippen LogP contribution < -0.4 is 10.1 Å². The lowest BCUT2D eigenvalue weighted by molar-refractivity contribution is -0.127. The van der Waals surface area contributed by atoms with E-state index in [1.54, 1.807) is 31.2 Å². The average molecular weight is 369 g/mol. The maximum Gasteiger partial charge on any atom is 0.261 e. The van der Waals surface area contributed by atoms with Crippen molar-refractivity contribution in [1.82, 2.24) is 10.3 Å². The third-order valence-electron chi connectivity index (χ3n) is 4.89. The first kappa shape index (κ1) is 17.0. The van der Waals surface area contributed by atoms with Crippen molar-refractivity contribution >= 4 is 28.4 Å². The number of hydrogen-bond donors (Lipinski definition) is 2. The third kappa shape index (κ3) is 3.29. The van der Waals surface area contributed by atoms with Crippen LogP contribution in [0.2, 0.25) is 5.02 Å². The fourth-order valence-corrected chi connectivity index (χ4v) is 3.71. The summed E-state index contributed by atoms with van der Waals surface area (Å²) >= 11 is 5.87. The van der Waals surface area contributed by atoms with Crippen LogP contribution in [0, 0.1) is 6.92 Å². The van der Waals surface area contributed by atoms with Crippen LogP contribution in [0.25, 0.3) is 10.9 Å². The summed E-state index contributed by atoms with van der Waals surface area (Å²) in [6.45, 7) is 3.86. The molecule has 1 aliphatic carbocycles. The van der Waals surface area contributed by atoms with E-state index >= 15 is 0 Å². The van der Waals surface area contributed by atoms with Crippen molar-refractivity contribution in [3.8, 4) is 5.75 Å². The number of hydrogen-bond acceptors (Lipinski definition) is 2. The number of carbonyl (C=O) groups is 1. The Hall–Kier alpha value is -2.46. The normalized spacial score (nSPS) is 17.1. The van der Waals surface area contributed by atoms with Crippen LogP contribution in [0.3, 0.4) is 0 Å². The van der Waals surface area contributed by atoms with E-state index in [1.807, 2.05) is 0 Å². The molecule has 2 atom stereocenters. The van der Waals surface area contributed by atoms with Gasteiger partial charge in [-0.05, 0) is 62.2 Å². The molecule has 4 rings (SSSR count). The predicted octanol–water partition coefficient (Wildman–Crippen LogP) is 4.18. The summed E-state index contributed by atoms with van der Waals surface area (Å²) in [4.78, 5) is 16.0. The largest absolute Gasteiger partial charge is 0.481 e. The Morgan fingerprint density at radius 3 is 2.77 bits per heavy atom. The van der Waals surface area contributed by atoms with E-state index in [2.05, 4.69) is 35.4 Å². The smallest absolute Gasteiger partial charge is 0.261 e. The first-order valence-electron chi connectivity index (χ1n) is 8.82. The van der Waals surface area contributed by atoms with Gasteiger partial charge in [0.25, 0.3) is 5.91 Å². The van der Waals surface area contributed by atoms with Gasteiger partial charge in [-0.15, -0.1) is 0 Å². The molecule has 1 aliphatic rings. The molecule has 5 heteroatoms. The molecule has 0 fully saturated rings. The molecule has 0 bridgehead atoms. The number of nitrogens with one attached hydrogen (secondary N) is 2. The minimum absolute atomic E-state index is 0.101. The van der Waals surface area contributed by atoms with Gasteiger partial charge < -0.3 is 15.0 Å². The molecule has 2 unspecified atom stereocenters. The molecule has 3 aromatic rings. The van der Waals surface area contributed by atoms with E-state index in [0.717, 1.165) is 12.8 Å². The standard InChI is InChI=1S/C21H21ClN2O2/c1-12-3-8-19-17(9-12)18-10-15(11-20(18)24-19)23-21(25)13(2)26-16-6-4-14(22)5-7-16/h3-9,13,15,24H,10-11H2,1-2H3,(H,23,25). The number of H-pyrrole nitrogens is 1. The van der Waals surface area contributed by atoms with Crippen molar-refractivity contribution in [2.24, 2.45) is 0 Å². The Morgan fingerprint density at radius 1 is 1.23 bits per heavy atom. The molecule has 0 saturated carbocycles. The number of rotatable bonds is 4. The summed E-state index contributed by atoms with van der Waals surface area (Å²) in [5, 5.41) is 5.02. The van der Waals surface area contributed by atoms with Crippen LogP contribution in [-0.4, -0.2) is 23.0 Å². The molecule has 134 valence electrons. The zero-order valence-electron chi connectivity index (χ0n) is 14.8. The van der Waals surface area contributed by atoms with E-state index in [-0.39, 0.29) is 11.9 Å². The fraction of sp³-hybridized carbons (Fsp3) is 0.286. The SMILES string of the molecule is Cc1ccc2[nH]c3c(c2c1)CC(NC(=O)C(C)Oc1ccc(Cl)cc1)C3. The summed E-state index contributed by atoms with van der Waals surface area (Å²) in [6, 6.07) is 13.6. The molecule has 1 amide bonds. The molecular weight excluding hydrogens is 348 g/mol. The van der Waals surface area contributed by atoms with Gasteiger partial charge in [-0.25, -0.2) is 0 Å². The summed E-state index contributed by atoms with van der Waals surface area (Å²) < 4.78 is 5.71. The van der Waals surface area contributed by atoms with Gasteiger partial charge in [-0.2, -0.15) is 0 Å². The number of amides is 1. The first-order chi connectivity index (χ1) is 12.5. The lowest BCUT2D eigenvalue weighted by atomic mass is 10.1. The summed E-state index contributed by atoms with van der Waals surface area (Å²) in [7, 11) is 0. The van der Waals surface area contributed by atoms with Crippen molar-refractivity contribution in [1.29, 1.82) is 0 Å². The number of aryl methyl sites for hydroxylation is 1. The van der Waals surface area contributed by atoms with Crippen LogP contribution in [0.1, 0.15) is 23.7 Å². The van der Waals surface area contributed by atoms with Gasteiger partial charge in [0, 0.05) is 34.1 Å². The second-order valence-corrected chi connectivity index (χ2v) is 7.40. The van der Waals surface area contributed by atoms with Gasteiger partial charge in [-0.1, -0.05) is 23.2 Å². The van der Waals surface area contributed by atoms with Crippen LogP contribution in [-0.2, 0) is 17.6 Å². The molecule has 2 N–H and O–H groups in total. The van der Waals surface area contributed by atoms with Gasteiger partial charge in [0.05, 0.1) is 0 Å². The summed E-state index contributed by atoms with van der Waals surface area (Å²) in [5.74, 6) is 0.533. The zero-order chi connectivity index (χ0) is 18.3. The number of aromatic nitrogens is 1. The number of carbonyl (C=O) groups excluding carboxylic acids is 1. The number of halogens is 1. The van der Waals surface area contributed by atoms with Crippen molar-refractivity contribution in [2.75, 3.05) is 0 Å². The van der Waals surface area contributed by atoms with E-state index in [9.17, 15) is 4.79 Å². The van der Waals surface area contributed by atoms with Crippen molar-refractivity contribution in [3.05, 3.63) is 64.3 Å². The molecule has 4 nitrogen and oxygen atoms in total.